The molecule has 0 heterocycles. The summed E-state index contributed by atoms with van der Waals surface area (Å²) in [4.78, 5) is 16.8. The number of unbranched alkanes of at least 4 members (excludes halogenated alkanes) is 8. The number of rotatable bonds is 18. The molecule has 2 aromatic carbocycles. The van der Waals surface area contributed by atoms with Crippen molar-refractivity contribution in [3.63, 3.8) is 0 Å². The van der Waals surface area contributed by atoms with Crippen LogP contribution in [0.25, 0.3) is 0 Å². The maximum Gasteiger partial charge on any atom is 0.310 e. The third-order valence-corrected chi connectivity index (χ3v) is 7.06. The van der Waals surface area contributed by atoms with E-state index in [0.29, 0.717) is 13.0 Å². The van der Waals surface area contributed by atoms with Gasteiger partial charge in [-0.05, 0) is 55.7 Å². The van der Waals surface area contributed by atoms with Crippen LogP contribution in [0.4, 0.5) is 5.69 Å². The number of esters is 1. The molecule has 0 fully saturated rings. The Balaban J connectivity index is 1.98. The van der Waals surface area contributed by atoms with Gasteiger partial charge >= 0.3 is 5.97 Å². The fraction of sp³-hybridized carbons (Fsp3) is 0.567. The van der Waals surface area contributed by atoms with Gasteiger partial charge in [0.15, 0.2) is 0 Å². The number of ether oxygens (including phenoxy) is 1. The summed E-state index contributed by atoms with van der Waals surface area (Å²) in [5, 5.41) is 0. The SMILES string of the molecule is CCCCCCCN(CCCCCCC)c1cccc(Sc2ccc(CC(=O)OCC)cc2)c1. The lowest BCUT2D eigenvalue weighted by Gasteiger charge is -2.25. The number of anilines is 1. The van der Waals surface area contributed by atoms with E-state index in [-0.39, 0.29) is 5.97 Å². The van der Waals surface area contributed by atoms with Gasteiger partial charge in [0.1, 0.15) is 0 Å². The molecule has 0 N–H and O–H groups in total. The van der Waals surface area contributed by atoms with Crippen LogP contribution in [0.1, 0.15) is 90.5 Å². The molecule has 0 bridgehead atoms. The van der Waals surface area contributed by atoms with E-state index in [9.17, 15) is 4.79 Å². The van der Waals surface area contributed by atoms with Crippen LogP contribution in [-0.2, 0) is 16.0 Å². The molecule has 188 valence electrons. The van der Waals surface area contributed by atoms with Crippen molar-refractivity contribution in [3.8, 4) is 0 Å². The first-order valence-corrected chi connectivity index (χ1v) is 14.2. The Kier molecular flexibility index (Phi) is 14.6. The summed E-state index contributed by atoms with van der Waals surface area (Å²) in [7, 11) is 0. The molecule has 2 rings (SSSR count). The van der Waals surface area contributed by atoms with E-state index < -0.39 is 0 Å². The first-order valence-electron chi connectivity index (χ1n) is 13.4. The molecule has 0 saturated carbocycles. The Bertz CT molecular complexity index is 792. The fourth-order valence-corrected chi connectivity index (χ4v) is 4.99. The number of hydrogen-bond acceptors (Lipinski definition) is 4. The van der Waals surface area contributed by atoms with Crippen LogP contribution in [0.5, 0.6) is 0 Å². The van der Waals surface area contributed by atoms with E-state index in [1.54, 1.807) is 11.8 Å². The van der Waals surface area contributed by atoms with Crippen molar-refractivity contribution in [1.82, 2.24) is 0 Å². The molecular formula is C30H45NO2S. The molecular weight excluding hydrogens is 438 g/mol. The van der Waals surface area contributed by atoms with Crippen molar-refractivity contribution < 1.29 is 9.53 Å². The monoisotopic (exact) mass is 483 g/mol. The van der Waals surface area contributed by atoms with Gasteiger partial charge in [0.05, 0.1) is 13.0 Å². The quantitative estimate of drug-likeness (QED) is 0.157. The third kappa shape index (κ3) is 11.5. The predicted octanol–water partition coefficient (Wildman–Crippen LogP) is 8.69. The zero-order valence-corrected chi connectivity index (χ0v) is 22.5. The Labute approximate surface area is 212 Å². The molecule has 0 saturated heterocycles. The Morgan fingerprint density at radius 1 is 0.765 bits per heavy atom. The van der Waals surface area contributed by atoms with Gasteiger partial charge in [0.2, 0.25) is 0 Å². The van der Waals surface area contributed by atoms with Crippen molar-refractivity contribution in [2.24, 2.45) is 0 Å². The summed E-state index contributed by atoms with van der Waals surface area (Å²) in [6.07, 6.45) is 13.5. The minimum absolute atomic E-state index is 0.167. The van der Waals surface area contributed by atoms with Crippen molar-refractivity contribution in [2.45, 2.75) is 101 Å². The summed E-state index contributed by atoms with van der Waals surface area (Å²) in [6, 6.07) is 17.3. The molecule has 0 aliphatic heterocycles. The lowest BCUT2D eigenvalue weighted by atomic mass is 10.1. The zero-order valence-electron chi connectivity index (χ0n) is 21.7. The van der Waals surface area contributed by atoms with Crippen LogP contribution in [0, 0.1) is 0 Å². The molecule has 0 unspecified atom stereocenters. The highest BCUT2D eigenvalue weighted by atomic mass is 32.2. The van der Waals surface area contributed by atoms with Crippen LogP contribution < -0.4 is 4.90 Å². The Morgan fingerprint density at radius 2 is 1.38 bits per heavy atom. The highest BCUT2D eigenvalue weighted by Gasteiger charge is 2.09. The van der Waals surface area contributed by atoms with Gasteiger partial charge < -0.3 is 9.64 Å². The standard InChI is InChI=1S/C30H45NO2S/c1-4-7-9-11-13-22-31(23-14-12-10-8-5-2)27-16-15-17-29(25-27)34-28-20-18-26(19-21-28)24-30(32)33-6-3/h15-21,25H,4-14,22-24H2,1-3H3. The molecule has 0 radical (unpaired) electrons. The van der Waals surface area contributed by atoms with Crippen molar-refractivity contribution in [3.05, 3.63) is 54.1 Å². The molecule has 4 heteroatoms. The topological polar surface area (TPSA) is 29.5 Å². The average molecular weight is 484 g/mol. The number of hydrogen-bond donors (Lipinski definition) is 0. The maximum atomic E-state index is 11.7. The zero-order chi connectivity index (χ0) is 24.4. The average Bonchev–Trinajstić information content (AvgIpc) is 2.84. The fourth-order valence-electron chi connectivity index (χ4n) is 4.12. The summed E-state index contributed by atoms with van der Waals surface area (Å²) in [5.41, 5.74) is 2.34. The Hall–Kier alpha value is -1.94. The Morgan fingerprint density at radius 3 is 1.97 bits per heavy atom. The van der Waals surface area contributed by atoms with E-state index in [4.69, 9.17) is 4.74 Å². The van der Waals surface area contributed by atoms with Gasteiger partial charge in [-0.3, -0.25) is 4.79 Å². The lowest BCUT2D eigenvalue weighted by Crippen LogP contribution is -2.25. The summed E-state index contributed by atoms with van der Waals surface area (Å²) in [5.74, 6) is -0.167. The maximum absolute atomic E-state index is 11.7. The molecule has 0 aliphatic rings. The van der Waals surface area contributed by atoms with Crippen LogP contribution >= 0.6 is 11.8 Å². The number of nitrogens with zero attached hydrogens (tertiary/aromatic N) is 1. The second-order valence-electron chi connectivity index (χ2n) is 9.04. The second-order valence-corrected chi connectivity index (χ2v) is 10.2. The van der Waals surface area contributed by atoms with E-state index in [2.05, 4.69) is 55.1 Å². The summed E-state index contributed by atoms with van der Waals surface area (Å²) < 4.78 is 5.05. The summed E-state index contributed by atoms with van der Waals surface area (Å²) in [6.45, 7) is 9.12. The van der Waals surface area contributed by atoms with Crippen molar-refractivity contribution >= 4 is 23.4 Å². The molecule has 0 aromatic heterocycles. The van der Waals surface area contributed by atoms with E-state index >= 15 is 0 Å². The smallest absolute Gasteiger partial charge is 0.310 e. The second kappa shape index (κ2) is 17.5. The highest BCUT2D eigenvalue weighted by molar-refractivity contribution is 7.99. The van der Waals surface area contributed by atoms with Gasteiger partial charge in [-0.1, -0.05) is 95.2 Å². The highest BCUT2D eigenvalue weighted by Crippen LogP contribution is 2.31. The molecule has 3 nitrogen and oxygen atoms in total. The van der Waals surface area contributed by atoms with E-state index in [1.807, 2.05) is 19.1 Å². The summed E-state index contributed by atoms with van der Waals surface area (Å²) >= 11 is 1.78. The third-order valence-electron chi connectivity index (χ3n) is 6.06. The van der Waals surface area contributed by atoms with Gasteiger partial charge in [0.25, 0.3) is 0 Å². The normalized spacial score (nSPS) is 10.9. The van der Waals surface area contributed by atoms with Gasteiger partial charge in [-0.2, -0.15) is 0 Å². The predicted molar refractivity (Wildman–Crippen MR) is 147 cm³/mol. The van der Waals surface area contributed by atoms with E-state index in [0.717, 1.165) is 18.7 Å². The molecule has 0 amide bonds. The van der Waals surface area contributed by atoms with Crippen LogP contribution in [-0.4, -0.2) is 25.7 Å². The van der Waals surface area contributed by atoms with Crippen LogP contribution in [0.2, 0.25) is 0 Å². The van der Waals surface area contributed by atoms with E-state index in [1.165, 1.54) is 79.7 Å². The minimum atomic E-state index is -0.167. The van der Waals surface area contributed by atoms with Crippen molar-refractivity contribution in [2.75, 3.05) is 24.6 Å². The number of carbonyl (C=O) groups is 1. The number of benzene rings is 2. The molecule has 0 aliphatic carbocycles. The molecule has 34 heavy (non-hydrogen) atoms. The molecule has 0 spiro atoms. The van der Waals surface area contributed by atoms with Gasteiger partial charge in [-0.25, -0.2) is 0 Å². The van der Waals surface area contributed by atoms with Crippen LogP contribution in [0.15, 0.2) is 58.3 Å². The number of carbonyl (C=O) groups excluding carboxylic acids is 1. The lowest BCUT2D eigenvalue weighted by molar-refractivity contribution is -0.142. The largest absolute Gasteiger partial charge is 0.466 e. The van der Waals surface area contributed by atoms with Gasteiger partial charge in [-0.15, -0.1) is 0 Å². The molecule has 2 aromatic rings. The van der Waals surface area contributed by atoms with Crippen LogP contribution in [0.3, 0.4) is 0 Å². The first-order chi connectivity index (χ1) is 16.7. The minimum Gasteiger partial charge on any atom is -0.466 e. The molecule has 0 atom stereocenters. The van der Waals surface area contributed by atoms with Gasteiger partial charge in [0, 0.05) is 28.6 Å². The van der Waals surface area contributed by atoms with Crippen molar-refractivity contribution in [1.29, 1.82) is 0 Å². The first kappa shape index (κ1) is 28.3.